The van der Waals surface area contributed by atoms with E-state index in [9.17, 15) is 18.0 Å². The fourth-order valence-electron chi connectivity index (χ4n) is 1.60. The molecule has 2 amide bonds. The summed E-state index contributed by atoms with van der Waals surface area (Å²) in [5, 5.41) is 5.26. The molecule has 36 heavy (non-hydrogen) atoms. The summed E-state index contributed by atoms with van der Waals surface area (Å²) in [7, 11) is 1.78. The van der Waals surface area contributed by atoms with Crippen LogP contribution in [0.1, 0.15) is 67.7 Å². The third-order valence-corrected chi connectivity index (χ3v) is 8.33. The van der Waals surface area contributed by atoms with E-state index in [1.54, 1.807) is 21.6 Å². The van der Waals surface area contributed by atoms with Gasteiger partial charge in [0.2, 0.25) is 0 Å². The van der Waals surface area contributed by atoms with Crippen LogP contribution in [-0.4, -0.2) is 80.7 Å². The minimum atomic E-state index is -2.78. The SMILES string of the molecule is CC(C)(C)OC(=O)NCCS.CC(C)(C)OC(=O)NCCSSCCCN.CCCCSS(C)(=O)=O. The lowest BCUT2D eigenvalue weighted by atomic mass is 10.2. The van der Waals surface area contributed by atoms with Crippen molar-refractivity contribution in [1.82, 2.24) is 10.6 Å². The Hall–Kier alpha value is -0.150. The van der Waals surface area contributed by atoms with E-state index in [0.717, 1.165) is 53.9 Å². The van der Waals surface area contributed by atoms with Crippen LogP contribution in [0.5, 0.6) is 0 Å². The van der Waals surface area contributed by atoms with Crippen molar-refractivity contribution < 1.29 is 27.5 Å². The fourth-order valence-corrected chi connectivity index (χ4v) is 5.69. The molecule has 0 heterocycles. The van der Waals surface area contributed by atoms with Gasteiger partial charge in [0.05, 0.1) is 0 Å². The number of unbranched alkanes of at least 4 members (excludes halogenated alkanes) is 1. The molecule has 14 heteroatoms. The monoisotopic (exact) mass is 611 g/mol. The van der Waals surface area contributed by atoms with E-state index in [1.165, 1.54) is 6.26 Å². The summed E-state index contributed by atoms with van der Waals surface area (Å²) in [4.78, 5) is 22.1. The van der Waals surface area contributed by atoms with Crippen LogP contribution in [0.25, 0.3) is 0 Å². The van der Waals surface area contributed by atoms with Crippen molar-refractivity contribution in [3.05, 3.63) is 0 Å². The van der Waals surface area contributed by atoms with E-state index >= 15 is 0 Å². The van der Waals surface area contributed by atoms with Crippen LogP contribution < -0.4 is 16.4 Å². The largest absolute Gasteiger partial charge is 0.444 e. The second kappa shape index (κ2) is 23.9. The molecule has 0 aromatic heterocycles. The maximum absolute atomic E-state index is 11.2. The van der Waals surface area contributed by atoms with E-state index in [1.807, 2.05) is 48.5 Å². The molecule has 0 aliphatic rings. The van der Waals surface area contributed by atoms with Gasteiger partial charge in [0.25, 0.3) is 0 Å². The molecular weight excluding hydrogens is 563 g/mol. The standard InChI is InChI=1S/C10H22N2O2S2.C7H15NO2S.C5H12O2S2/c1-10(2,3)14-9(13)12-6-8-16-15-7-4-5-11;1-7(2,3)10-6(9)8-4-5-11;1-3-4-5-8-9(2,6)7/h4-8,11H2,1-3H3,(H,12,13);11H,4-5H2,1-3H3,(H,8,9);3-5H2,1-2H3. The lowest BCUT2D eigenvalue weighted by Crippen LogP contribution is -2.33. The zero-order valence-electron chi connectivity index (χ0n) is 23.2. The minimum Gasteiger partial charge on any atom is -0.444 e. The van der Waals surface area contributed by atoms with E-state index in [-0.39, 0.29) is 12.2 Å². The Labute approximate surface area is 236 Å². The topological polar surface area (TPSA) is 137 Å². The molecular formula is C22H49N3O6S5. The fraction of sp³-hybridized carbons (Fsp3) is 0.909. The molecule has 9 nitrogen and oxygen atoms in total. The zero-order chi connectivity index (χ0) is 28.7. The van der Waals surface area contributed by atoms with Crippen LogP contribution in [0.3, 0.4) is 0 Å². The van der Waals surface area contributed by atoms with Crippen LogP contribution in [-0.2, 0) is 18.3 Å². The number of nitrogens with two attached hydrogens (primary N) is 1. The average Bonchev–Trinajstić information content (AvgIpc) is 2.69. The first-order valence-electron chi connectivity index (χ1n) is 11.8. The van der Waals surface area contributed by atoms with Gasteiger partial charge in [-0.2, -0.15) is 12.6 Å². The summed E-state index contributed by atoms with van der Waals surface area (Å²) in [6.07, 6.45) is 3.59. The summed E-state index contributed by atoms with van der Waals surface area (Å²) in [6.45, 7) is 15.0. The third kappa shape index (κ3) is 43.9. The number of ether oxygens (including phenoxy) is 2. The molecule has 0 spiro atoms. The molecule has 0 saturated heterocycles. The van der Waals surface area contributed by atoms with Gasteiger partial charge in [-0.25, -0.2) is 18.0 Å². The van der Waals surface area contributed by atoms with E-state index in [0.29, 0.717) is 18.8 Å². The molecule has 0 aromatic rings. The summed E-state index contributed by atoms with van der Waals surface area (Å²) in [6, 6.07) is 0. The van der Waals surface area contributed by atoms with Crippen molar-refractivity contribution >= 4 is 66.1 Å². The zero-order valence-corrected chi connectivity index (χ0v) is 27.3. The molecule has 0 fully saturated rings. The first kappa shape index (κ1) is 40.3. The predicted molar refractivity (Wildman–Crippen MR) is 163 cm³/mol. The van der Waals surface area contributed by atoms with Crippen LogP contribution in [0.15, 0.2) is 0 Å². The summed E-state index contributed by atoms with van der Waals surface area (Å²) in [5.41, 5.74) is 4.53. The highest BCUT2D eigenvalue weighted by atomic mass is 33.1. The highest BCUT2D eigenvalue weighted by molar-refractivity contribution is 8.76. The first-order chi connectivity index (χ1) is 16.5. The van der Waals surface area contributed by atoms with Crippen LogP contribution in [0.2, 0.25) is 0 Å². The summed E-state index contributed by atoms with van der Waals surface area (Å²) in [5.74, 6) is 3.30. The number of nitrogens with one attached hydrogen (secondary N) is 2. The summed E-state index contributed by atoms with van der Waals surface area (Å²) < 4.78 is 31.0. The van der Waals surface area contributed by atoms with Crippen LogP contribution >= 0.6 is 45.0 Å². The molecule has 0 rings (SSSR count). The van der Waals surface area contributed by atoms with Gasteiger partial charge in [0, 0.05) is 42.4 Å². The highest BCUT2D eigenvalue weighted by Gasteiger charge is 2.15. The molecule has 0 unspecified atom stereocenters. The second-order valence-electron chi connectivity index (χ2n) is 9.25. The van der Waals surface area contributed by atoms with E-state index in [2.05, 4.69) is 23.3 Å². The number of hydrogen-bond donors (Lipinski definition) is 4. The third-order valence-electron chi connectivity index (χ3n) is 2.94. The number of hydrogen-bond acceptors (Lipinski definition) is 11. The minimum absolute atomic E-state index is 0.347. The molecule has 0 aromatic carbocycles. The molecule has 0 aliphatic carbocycles. The Morgan fingerprint density at radius 1 is 0.861 bits per heavy atom. The Kier molecular flexibility index (Phi) is 26.8. The van der Waals surface area contributed by atoms with Gasteiger partial charge in [-0.15, -0.1) is 0 Å². The van der Waals surface area contributed by atoms with Crippen molar-refractivity contribution in [1.29, 1.82) is 0 Å². The predicted octanol–water partition coefficient (Wildman–Crippen LogP) is 5.16. The van der Waals surface area contributed by atoms with Gasteiger partial charge < -0.3 is 25.8 Å². The van der Waals surface area contributed by atoms with Crippen molar-refractivity contribution in [3.8, 4) is 0 Å². The Morgan fingerprint density at radius 2 is 1.33 bits per heavy atom. The number of alkyl carbamates (subject to hydrolysis) is 2. The molecule has 0 saturated carbocycles. The van der Waals surface area contributed by atoms with Crippen LogP contribution in [0, 0.1) is 0 Å². The van der Waals surface area contributed by atoms with Gasteiger partial charge in [-0.05, 0) is 71.7 Å². The number of thiol groups is 1. The van der Waals surface area contributed by atoms with Gasteiger partial charge in [-0.3, -0.25) is 0 Å². The number of carbonyl (C=O) groups is 2. The van der Waals surface area contributed by atoms with Crippen molar-refractivity contribution in [3.63, 3.8) is 0 Å². The quantitative estimate of drug-likeness (QED) is 0.126. The van der Waals surface area contributed by atoms with Crippen molar-refractivity contribution in [2.45, 2.75) is 78.9 Å². The van der Waals surface area contributed by atoms with E-state index in [4.69, 9.17) is 15.2 Å². The highest BCUT2D eigenvalue weighted by Crippen LogP contribution is 2.20. The maximum Gasteiger partial charge on any atom is 0.407 e. The van der Waals surface area contributed by atoms with Gasteiger partial charge in [0.1, 0.15) is 11.2 Å². The molecule has 4 N–H and O–H groups in total. The molecule has 0 atom stereocenters. The number of rotatable bonds is 13. The first-order valence-corrected chi connectivity index (χ1v) is 18.3. The second-order valence-corrected chi connectivity index (χ2v) is 17.0. The molecule has 218 valence electrons. The van der Waals surface area contributed by atoms with Crippen molar-refractivity contribution in [2.75, 3.05) is 48.9 Å². The smallest absolute Gasteiger partial charge is 0.407 e. The number of carbonyl (C=O) groups excluding carboxylic acids is 2. The lowest BCUT2D eigenvalue weighted by molar-refractivity contribution is 0.0520. The van der Waals surface area contributed by atoms with Gasteiger partial charge in [0.15, 0.2) is 8.87 Å². The van der Waals surface area contributed by atoms with E-state index < -0.39 is 20.1 Å². The normalized spacial score (nSPS) is 11.3. The van der Waals surface area contributed by atoms with Gasteiger partial charge in [-0.1, -0.05) is 34.9 Å². The lowest BCUT2D eigenvalue weighted by Gasteiger charge is -2.19. The Balaban J connectivity index is -0.000000477. The maximum atomic E-state index is 11.2. The average molecular weight is 612 g/mol. The Morgan fingerprint density at radius 3 is 1.72 bits per heavy atom. The molecule has 0 bridgehead atoms. The summed E-state index contributed by atoms with van der Waals surface area (Å²) >= 11 is 3.94. The Bertz CT molecular complexity index is 654. The number of amides is 2. The molecule has 0 aliphatic heterocycles. The molecule has 0 radical (unpaired) electrons. The van der Waals surface area contributed by atoms with Gasteiger partial charge >= 0.3 is 12.2 Å². The van der Waals surface area contributed by atoms with Crippen LogP contribution in [0.4, 0.5) is 9.59 Å². The van der Waals surface area contributed by atoms with Crippen molar-refractivity contribution in [2.24, 2.45) is 5.73 Å².